The zero-order chi connectivity index (χ0) is 51.2. The summed E-state index contributed by atoms with van der Waals surface area (Å²) < 4.78 is 43.6. The van der Waals surface area contributed by atoms with Gasteiger partial charge in [-0.2, -0.15) is 0 Å². The monoisotopic (exact) mass is 1010 g/mol. The number of aliphatic carboxylic acids is 7. The zero-order valence-corrected chi connectivity index (χ0v) is 36.9. The molecule has 6 heterocycles. The molecule has 0 aromatic carbocycles. The van der Waals surface area contributed by atoms with Crippen molar-refractivity contribution in [3.63, 3.8) is 0 Å². The molecule has 3 saturated carbocycles. The largest absolute Gasteiger partial charge is 0.478 e. The quantitative estimate of drug-likeness (QED) is 0.110. The second-order valence-electron chi connectivity index (χ2n) is 23.0. The Labute approximate surface area is 411 Å². The standard InChI is InChI=1S/C53H22O22/c54-33(55)13-7-23-25(38(64)65)27-19-2-1-15(34(56)57)20-5-12-6-21-16(35(58)59)3-4-40-29-18(37(62)63)10-22-17(36(60)61)8-14-9-24-28(39(66)67)41(11-13)49(23,71-41)53-45(24,75-53)31-32-46(52(29,74-46)50(22)42(14,31)72-50)30(44(21,40)70-40)26(12)51(43(19,20)73-51)48(32,69)47(27,53)68/h1-4,6-11,20,68-69H,5H2,(H,54,55)(H,56,57)(H,58,59)(H,60,61)(H,62,63)(H,64,65)(H,66,67). The van der Waals surface area contributed by atoms with Crippen LogP contribution in [-0.4, -0.2) is 166 Å². The van der Waals surface area contributed by atoms with Crippen LogP contribution in [0.4, 0.5) is 0 Å². The average Bonchev–Trinajstić information content (AvgIpc) is 1.45. The molecule has 0 bridgehead atoms. The molecule has 6 aliphatic heterocycles. The van der Waals surface area contributed by atoms with Gasteiger partial charge in [-0.25, -0.2) is 33.6 Å². The van der Waals surface area contributed by atoms with E-state index in [9.17, 15) is 69.3 Å². The summed E-state index contributed by atoms with van der Waals surface area (Å²) in [6.07, 6.45) is 11.8. The fourth-order valence-corrected chi connectivity index (χ4v) is 20.5. The van der Waals surface area contributed by atoms with Crippen LogP contribution in [0, 0.1) is 5.92 Å². The van der Waals surface area contributed by atoms with E-state index in [2.05, 4.69) is 0 Å². The van der Waals surface area contributed by atoms with Crippen molar-refractivity contribution in [3.8, 4) is 0 Å². The number of rotatable bonds is 7. The van der Waals surface area contributed by atoms with Crippen LogP contribution in [0.25, 0.3) is 0 Å². The number of fused-ring (bicyclic) bond motifs is 1. The first-order chi connectivity index (χ1) is 35.5. The molecule has 0 aromatic rings. The highest BCUT2D eigenvalue weighted by Gasteiger charge is 3.19. The predicted octanol–water partition coefficient (Wildman–Crippen LogP) is -0.955. The summed E-state index contributed by atoms with van der Waals surface area (Å²) in [5, 5.41) is 110. The summed E-state index contributed by atoms with van der Waals surface area (Å²) >= 11 is 0. The van der Waals surface area contributed by atoms with Crippen LogP contribution in [-0.2, 0) is 62.0 Å². The van der Waals surface area contributed by atoms with Crippen LogP contribution in [0.2, 0.25) is 0 Å². The van der Waals surface area contributed by atoms with E-state index in [-0.39, 0.29) is 78.9 Å². The minimum atomic E-state index is -3.30. The topological polar surface area (TPSA) is 377 Å². The Morgan fingerprint density at radius 2 is 1.28 bits per heavy atom. The lowest BCUT2D eigenvalue weighted by molar-refractivity contribution is -0.199. The third-order valence-electron chi connectivity index (χ3n) is 21.9. The van der Waals surface area contributed by atoms with Crippen molar-refractivity contribution >= 4 is 41.8 Å². The van der Waals surface area contributed by atoms with E-state index in [0.717, 1.165) is 18.2 Å². The molecule has 21 aliphatic rings. The first-order valence-electron chi connectivity index (χ1n) is 23.8. The lowest BCUT2D eigenvalue weighted by Gasteiger charge is -2.69. The minimum Gasteiger partial charge on any atom is -0.478 e. The Hall–Kier alpha value is -7.93. The van der Waals surface area contributed by atoms with Gasteiger partial charge in [0.15, 0.2) is 72.8 Å². The molecular formula is C53H22O22. The molecule has 75 heavy (non-hydrogen) atoms. The SMILES string of the molecule is O=C(O)C1=CC23OC24C(=C1)C(C(=O)O)=C1C2=CC=C(C(=O)O)C5CC6=CC7=C(C(=O)O)C=CC89OC78C7=C6C6(OC256)C2(O)C5=C6C8%10OC8%11C(=CC(C(=O)O)=C9C%118OC758)C(C(=O)O)=CC%10=CC(=C3C(=O)O)C63OC34C12O. The van der Waals surface area contributed by atoms with Gasteiger partial charge in [-0.1, -0.05) is 18.2 Å². The fourth-order valence-electron chi connectivity index (χ4n) is 20.5. The summed E-state index contributed by atoms with van der Waals surface area (Å²) in [7, 11) is 0. The van der Waals surface area contributed by atoms with Crippen molar-refractivity contribution in [2.45, 2.75) is 84.8 Å². The van der Waals surface area contributed by atoms with Crippen molar-refractivity contribution < 1.29 is 108 Å². The molecular weight excluding hydrogens is 989 g/mol. The maximum atomic E-state index is 15.6. The molecule has 9 N–H and O–H groups in total. The maximum absolute atomic E-state index is 15.6. The molecule has 366 valence electrons. The second kappa shape index (κ2) is 8.92. The molecule has 15 aliphatic carbocycles. The third-order valence-corrected chi connectivity index (χ3v) is 21.9. The van der Waals surface area contributed by atoms with Gasteiger partial charge in [0.25, 0.3) is 0 Å². The number of allylic oxidation sites excluding steroid dienone is 2. The van der Waals surface area contributed by atoms with Crippen molar-refractivity contribution in [2.75, 3.05) is 0 Å². The molecule has 9 fully saturated rings. The molecule has 15 unspecified atom stereocenters. The van der Waals surface area contributed by atoms with Crippen LogP contribution in [0.1, 0.15) is 6.42 Å². The van der Waals surface area contributed by atoms with E-state index in [1.54, 1.807) is 0 Å². The Morgan fingerprint density at radius 3 is 1.97 bits per heavy atom. The predicted molar refractivity (Wildman–Crippen MR) is 227 cm³/mol. The minimum absolute atomic E-state index is 0.0267. The first-order valence-corrected chi connectivity index (χ1v) is 23.8. The highest BCUT2D eigenvalue weighted by atomic mass is 16.8. The van der Waals surface area contributed by atoms with Gasteiger partial charge in [0, 0.05) is 61.6 Å². The van der Waals surface area contributed by atoms with Crippen molar-refractivity contribution in [2.24, 2.45) is 5.92 Å². The first kappa shape index (κ1) is 38.6. The number of carbonyl (C=O) groups is 7. The summed E-state index contributed by atoms with van der Waals surface area (Å²) in [4.78, 5) is 97.4. The van der Waals surface area contributed by atoms with E-state index < -0.39 is 165 Å². The highest BCUT2D eigenvalue weighted by Crippen LogP contribution is 3.04. The summed E-state index contributed by atoms with van der Waals surface area (Å²) in [5.74, 6) is -12.7. The van der Waals surface area contributed by atoms with Gasteiger partial charge in [-0.3, -0.25) is 0 Å². The van der Waals surface area contributed by atoms with E-state index in [0.29, 0.717) is 0 Å². The molecule has 0 aromatic heterocycles. The van der Waals surface area contributed by atoms with Gasteiger partial charge in [0.05, 0.1) is 33.4 Å². The Bertz CT molecular complexity index is 4320. The van der Waals surface area contributed by atoms with Crippen LogP contribution < -0.4 is 0 Å². The van der Waals surface area contributed by atoms with E-state index >= 15 is 10.2 Å². The number of ether oxygens (including phenoxy) is 6. The third kappa shape index (κ3) is 2.42. The Morgan fingerprint density at radius 1 is 0.520 bits per heavy atom. The van der Waals surface area contributed by atoms with E-state index in [1.165, 1.54) is 42.5 Å². The molecule has 22 heteroatoms. The van der Waals surface area contributed by atoms with Gasteiger partial charge in [0.2, 0.25) is 0 Å². The molecule has 22 nitrogen and oxygen atoms in total. The Balaban J connectivity index is 1.07. The molecule has 10 spiro atoms. The molecule has 6 saturated heterocycles. The highest BCUT2D eigenvalue weighted by molar-refractivity contribution is 6.13. The number of hydrogen-bond donors (Lipinski definition) is 9. The number of carboxylic acid groups (broad SMARTS) is 7. The smallest absolute Gasteiger partial charge is 0.336 e. The number of aliphatic hydroxyl groups is 2. The summed E-state index contributed by atoms with van der Waals surface area (Å²) in [5.41, 5.74) is -40.8. The van der Waals surface area contributed by atoms with Gasteiger partial charge >= 0.3 is 41.8 Å². The fraction of sp³-hybridized carbons (Fsp3) is 0.302. The second-order valence-corrected chi connectivity index (χ2v) is 23.0. The van der Waals surface area contributed by atoms with E-state index in [4.69, 9.17) is 28.4 Å². The van der Waals surface area contributed by atoms with Crippen LogP contribution >= 0.6 is 0 Å². The number of hydrogen-bond acceptors (Lipinski definition) is 15. The van der Waals surface area contributed by atoms with Crippen molar-refractivity contribution in [1.82, 2.24) is 0 Å². The normalized spacial score (nSPS) is 53.4. The lowest BCUT2D eigenvalue weighted by Crippen LogP contribution is -2.88. The molecule has 0 amide bonds. The van der Waals surface area contributed by atoms with Crippen LogP contribution in [0.5, 0.6) is 0 Å². The average molecular weight is 1010 g/mol. The van der Waals surface area contributed by atoms with Gasteiger partial charge in [-0.05, 0) is 71.2 Å². The molecule has 21 rings (SSSR count). The van der Waals surface area contributed by atoms with Crippen LogP contribution in [0.15, 0.2) is 172 Å². The van der Waals surface area contributed by atoms with E-state index in [1.807, 2.05) is 0 Å². The number of carboxylic acids is 7. The van der Waals surface area contributed by atoms with Gasteiger partial charge < -0.3 is 74.4 Å². The van der Waals surface area contributed by atoms with Gasteiger partial charge in [0.1, 0.15) is 5.60 Å². The summed E-state index contributed by atoms with van der Waals surface area (Å²) in [6.45, 7) is 0. The molecule has 15 atom stereocenters. The molecule has 0 radical (unpaired) electrons. The summed E-state index contributed by atoms with van der Waals surface area (Å²) in [6, 6.07) is 0. The lowest BCUT2D eigenvalue weighted by atomic mass is 9.28. The number of epoxide rings is 6. The zero-order valence-electron chi connectivity index (χ0n) is 36.9. The Kier molecular flexibility index (Phi) is 4.59. The van der Waals surface area contributed by atoms with Crippen molar-refractivity contribution in [1.29, 1.82) is 0 Å². The maximum Gasteiger partial charge on any atom is 0.336 e. The van der Waals surface area contributed by atoms with Crippen molar-refractivity contribution in [3.05, 3.63) is 172 Å². The van der Waals surface area contributed by atoms with Crippen LogP contribution in [0.3, 0.4) is 0 Å². The van der Waals surface area contributed by atoms with Gasteiger partial charge in [-0.15, -0.1) is 0 Å².